The first-order valence-electron chi connectivity index (χ1n) is 6.63. The van der Waals surface area contributed by atoms with Gasteiger partial charge in [0.05, 0.1) is 11.8 Å². The largest absolute Gasteiger partial charge is 0.396 e. The minimum atomic E-state index is -0.239. The molecule has 108 valence electrons. The second kappa shape index (κ2) is 6.59. The van der Waals surface area contributed by atoms with E-state index in [4.69, 9.17) is 10.5 Å². The normalized spacial score (nSPS) is 17.7. The number of carbonyl (C=O) groups excluding carboxylic acids is 1. The number of nitrogens with two attached hydrogens (primary N) is 1. The van der Waals surface area contributed by atoms with Crippen LogP contribution in [-0.4, -0.2) is 31.7 Å². The molecule has 1 aliphatic rings. The first kappa shape index (κ1) is 14.6. The summed E-state index contributed by atoms with van der Waals surface area (Å²) in [5.74, 6) is -0.239. The second-order valence-electron chi connectivity index (χ2n) is 4.54. The molecule has 2 heterocycles. The summed E-state index contributed by atoms with van der Waals surface area (Å²) in [6.45, 7) is 3.78. The zero-order chi connectivity index (χ0) is 14.5. The molecule has 0 aliphatic carbocycles. The summed E-state index contributed by atoms with van der Waals surface area (Å²) in [5, 5.41) is 15.7. The quantitative estimate of drug-likeness (QED) is 0.765. The van der Waals surface area contributed by atoms with Gasteiger partial charge in [-0.2, -0.15) is 5.26 Å². The Morgan fingerprint density at radius 3 is 3.05 bits per heavy atom. The van der Waals surface area contributed by atoms with E-state index >= 15 is 0 Å². The highest BCUT2D eigenvalue weighted by atomic mass is 32.1. The van der Waals surface area contributed by atoms with Crippen LogP contribution in [0.5, 0.6) is 0 Å². The lowest BCUT2D eigenvalue weighted by atomic mass is 10.2. The summed E-state index contributed by atoms with van der Waals surface area (Å²) in [7, 11) is 0. The van der Waals surface area contributed by atoms with E-state index < -0.39 is 0 Å². The van der Waals surface area contributed by atoms with Crippen molar-refractivity contribution >= 4 is 27.9 Å². The average Bonchev–Trinajstić information content (AvgIpc) is 3.04. The molecule has 2 rings (SSSR count). The van der Waals surface area contributed by atoms with Crippen LogP contribution in [0.25, 0.3) is 0 Å². The predicted octanol–water partition coefficient (Wildman–Crippen LogP) is 1.54. The highest BCUT2D eigenvalue weighted by molar-refractivity contribution is 7.18. The van der Waals surface area contributed by atoms with Crippen LogP contribution in [0.3, 0.4) is 0 Å². The lowest BCUT2D eigenvalue weighted by Gasteiger charge is -2.10. The van der Waals surface area contributed by atoms with Gasteiger partial charge in [0.1, 0.15) is 21.5 Å². The molecule has 0 saturated carbocycles. The highest BCUT2D eigenvalue weighted by Gasteiger charge is 2.22. The molecule has 6 nitrogen and oxygen atoms in total. The summed E-state index contributed by atoms with van der Waals surface area (Å²) in [6.07, 6.45) is 2.24. The monoisotopic (exact) mass is 294 g/mol. The zero-order valence-electron chi connectivity index (χ0n) is 11.4. The zero-order valence-corrected chi connectivity index (χ0v) is 12.2. The molecule has 0 spiro atoms. The van der Waals surface area contributed by atoms with Crippen LogP contribution >= 0.6 is 11.3 Å². The van der Waals surface area contributed by atoms with Gasteiger partial charge in [0, 0.05) is 19.7 Å². The Hall–Kier alpha value is -1.78. The second-order valence-corrected chi connectivity index (χ2v) is 5.56. The fourth-order valence-electron chi connectivity index (χ4n) is 2.10. The molecule has 1 aliphatic heterocycles. The Balaban J connectivity index is 2.13. The average molecular weight is 294 g/mol. The maximum atomic E-state index is 11.9. The first-order valence-corrected chi connectivity index (χ1v) is 7.45. The first-order chi connectivity index (χ1) is 9.67. The van der Waals surface area contributed by atoms with Crippen molar-refractivity contribution in [3.8, 4) is 6.07 Å². The third-order valence-electron chi connectivity index (χ3n) is 3.11. The summed E-state index contributed by atoms with van der Waals surface area (Å²) in [4.78, 5) is 12.3. The van der Waals surface area contributed by atoms with E-state index in [2.05, 4.69) is 16.7 Å². The number of thiophene rings is 1. The van der Waals surface area contributed by atoms with Crippen molar-refractivity contribution < 1.29 is 9.53 Å². The van der Waals surface area contributed by atoms with E-state index in [9.17, 15) is 10.1 Å². The minimum absolute atomic E-state index is 0.165. The van der Waals surface area contributed by atoms with Crippen LogP contribution in [0.1, 0.15) is 35.0 Å². The molecule has 1 atom stereocenters. The number of nitrogens with one attached hydrogen (secondary N) is 2. The molecule has 1 fully saturated rings. The lowest BCUT2D eigenvalue weighted by Crippen LogP contribution is -2.22. The number of ether oxygens (including phenoxy) is 1. The summed E-state index contributed by atoms with van der Waals surface area (Å²) in [5.41, 5.74) is 6.48. The van der Waals surface area contributed by atoms with Crippen molar-refractivity contribution in [2.24, 2.45) is 0 Å². The molecule has 0 radical (unpaired) electrons. The van der Waals surface area contributed by atoms with Gasteiger partial charge >= 0.3 is 0 Å². The number of nitrogens with zero attached hydrogens (tertiary/aromatic N) is 1. The van der Waals surface area contributed by atoms with E-state index in [-0.39, 0.29) is 17.7 Å². The Morgan fingerprint density at radius 1 is 1.65 bits per heavy atom. The van der Waals surface area contributed by atoms with Crippen LogP contribution in [0, 0.1) is 11.3 Å². The molecule has 4 N–H and O–H groups in total. The summed E-state index contributed by atoms with van der Waals surface area (Å²) >= 11 is 1.22. The van der Waals surface area contributed by atoms with Crippen molar-refractivity contribution in [2.75, 3.05) is 30.7 Å². The van der Waals surface area contributed by atoms with E-state index in [1.54, 1.807) is 0 Å². The Kier molecular flexibility index (Phi) is 4.82. The molecule has 1 amide bonds. The Bertz CT molecular complexity index is 529. The van der Waals surface area contributed by atoms with Crippen LogP contribution in [0.2, 0.25) is 0 Å². The molecular formula is C13H18N4O2S. The van der Waals surface area contributed by atoms with E-state index in [1.165, 1.54) is 11.3 Å². The van der Waals surface area contributed by atoms with Crippen LogP contribution in [0.4, 0.5) is 10.7 Å². The lowest BCUT2D eigenvalue weighted by molar-refractivity contribution is 0.0960. The molecule has 0 bridgehead atoms. The van der Waals surface area contributed by atoms with Gasteiger partial charge in [0.15, 0.2) is 0 Å². The van der Waals surface area contributed by atoms with Crippen LogP contribution in [0.15, 0.2) is 0 Å². The van der Waals surface area contributed by atoms with Crippen molar-refractivity contribution in [1.29, 1.82) is 5.26 Å². The summed E-state index contributed by atoms with van der Waals surface area (Å²) in [6, 6.07) is 2.06. The topological polar surface area (TPSA) is 100 Å². The fourth-order valence-corrected chi connectivity index (χ4v) is 3.09. The van der Waals surface area contributed by atoms with Gasteiger partial charge in [-0.05, 0) is 19.8 Å². The van der Waals surface area contributed by atoms with Crippen molar-refractivity contribution in [3.05, 3.63) is 10.4 Å². The van der Waals surface area contributed by atoms with Gasteiger partial charge in [-0.25, -0.2) is 0 Å². The summed E-state index contributed by atoms with van der Waals surface area (Å²) < 4.78 is 5.52. The minimum Gasteiger partial charge on any atom is -0.396 e. The molecule has 20 heavy (non-hydrogen) atoms. The number of hydrogen-bond acceptors (Lipinski definition) is 6. The molecule has 1 aromatic rings. The molecular weight excluding hydrogens is 276 g/mol. The van der Waals surface area contributed by atoms with E-state index in [0.717, 1.165) is 19.4 Å². The molecule has 1 saturated heterocycles. The number of anilines is 2. The maximum Gasteiger partial charge on any atom is 0.263 e. The molecule has 1 unspecified atom stereocenters. The van der Waals surface area contributed by atoms with Gasteiger partial charge in [-0.3, -0.25) is 4.79 Å². The Morgan fingerprint density at radius 2 is 2.45 bits per heavy atom. The number of nitrogen functional groups attached to an aromatic ring is 1. The number of carbonyl (C=O) groups is 1. The number of rotatable bonds is 5. The number of nitriles is 1. The highest BCUT2D eigenvalue weighted by Crippen LogP contribution is 2.35. The molecule has 7 heteroatoms. The third kappa shape index (κ3) is 3.03. The molecule has 0 aromatic carbocycles. The van der Waals surface area contributed by atoms with Gasteiger partial charge in [-0.15, -0.1) is 11.3 Å². The van der Waals surface area contributed by atoms with Gasteiger partial charge < -0.3 is 21.1 Å². The predicted molar refractivity (Wildman–Crippen MR) is 78.9 cm³/mol. The van der Waals surface area contributed by atoms with E-state index in [0.29, 0.717) is 28.5 Å². The van der Waals surface area contributed by atoms with Gasteiger partial charge in [0.2, 0.25) is 0 Å². The van der Waals surface area contributed by atoms with Gasteiger partial charge in [-0.1, -0.05) is 0 Å². The fraction of sp³-hybridized carbons (Fsp3) is 0.538. The molecule has 1 aromatic heterocycles. The van der Waals surface area contributed by atoms with Gasteiger partial charge in [0.25, 0.3) is 5.91 Å². The third-order valence-corrected chi connectivity index (χ3v) is 4.28. The number of hydrogen-bond donors (Lipinski definition) is 3. The Labute approximate surface area is 121 Å². The number of amides is 1. The maximum absolute atomic E-state index is 11.9. The van der Waals surface area contributed by atoms with E-state index in [1.807, 2.05) is 6.92 Å². The SMILES string of the molecule is CCNC(=O)c1sc(NCC2CCCO2)c(C#N)c1N. The van der Waals surface area contributed by atoms with Crippen LogP contribution in [-0.2, 0) is 4.74 Å². The van der Waals surface area contributed by atoms with Crippen molar-refractivity contribution in [2.45, 2.75) is 25.9 Å². The van der Waals surface area contributed by atoms with Crippen LogP contribution < -0.4 is 16.4 Å². The smallest absolute Gasteiger partial charge is 0.263 e. The standard InChI is InChI=1S/C13H18N4O2S/c1-2-16-12(18)11-10(15)9(6-14)13(20-11)17-7-8-4-3-5-19-8/h8,17H,2-5,7,15H2,1H3,(H,16,18). The van der Waals surface area contributed by atoms with Crippen molar-refractivity contribution in [1.82, 2.24) is 5.32 Å². The van der Waals surface area contributed by atoms with Crippen molar-refractivity contribution in [3.63, 3.8) is 0 Å².